The third-order valence-electron chi connectivity index (χ3n) is 6.20. The number of rotatable bonds is 10. The highest BCUT2D eigenvalue weighted by molar-refractivity contribution is 7.28. The van der Waals surface area contributed by atoms with Crippen LogP contribution in [0.2, 0.25) is 0 Å². The highest BCUT2D eigenvalue weighted by Gasteiger charge is 2.20. The predicted molar refractivity (Wildman–Crippen MR) is 156 cm³/mol. The molecular weight excluding hydrogens is 553 g/mol. The van der Waals surface area contributed by atoms with Gasteiger partial charge in [0.2, 0.25) is 0 Å². The third kappa shape index (κ3) is 6.03. The van der Waals surface area contributed by atoms with Crippen molar-refractivity contribution in [3.63, 3.8) is 0 Å². The van der Waals surface area contributed by atoms with Gasteiger partial charge in [0.05, 0.1) is 26.1 Å². The summed E-state index contributed by atoms with van der Waals surface area (Å²) < 4.78 is 0. The first kappa shape index (κ1) is 27.0. The van der Waals surface area contributed by atoms with Crippen LogP contribution in [0.25, 0.3) is 40.4 Å². The van der Waals surface area contributed by atoms with Gasteiger partial charge in [-0.2, -0.15) is 0 Å². The molecule has 0 amide bonds. The van der Waals surface area contributed by atoms with Crippen molar-refractivity contribution in [3.05, 3.63) is 95.1 Å². The molecule has 0 atom stereocenters. The van der Waals surface area contributed by atoms with E-state index in [1.54, 1.807) is 0 Å². The normalized spacial score (nSPS) is 11.1. The lowest BCUT2D eigenvalue weighted by Gasteiger charge is -2.00. The van der Waals surface area contributed by atoms with Gasteiger partial charge in [-0.1, -0.05) is 48.5 Å². The van der Waals surface area contributed by atoms with Crippen molar-refractivity contribution in [1.82, 2.24) is 0 Å². The lowest BCUT2D eigenvalue weighted by Crippen LogP contribution is -1.99. The van der Waals surface area contributed by atoms with Crippen molar-refractivity contribution >= 4 is 45.9 Å². The zero-order valence-corrected chi connectivity index (χ0v) is 23.0. The van der Waals surface area contributed by atoms with Crippen LogP contribution in [0.1, 0.15) is 22.3 Å². The van der Waals surface area contributed by atoms with Crippen LogP contribution < -0.4 is 0 Å². The first-order chi connectivity index (χ1) is 18.8. The number of hydrogen-bond donors (Lipinski definition) is 4. The number of aliphatic carboxylic acids is 2. The molecule has 3 aromatic heterocycles. The largest absolute Gasteiger partial charge is 0.481 e. The van der Waals surface area contributed by atoms with E-state index in [0.717, 1.165) is 62.6 Å². The quantitative estimate of drug-likeness (QED) is 0.146. The molecule has 198 valence electrons. The predicted octanol–water partition coefficient (Wildman–Crippen LogP) is 6.78. The number of carboxylic acids is 2. The summed E-state index contributed by atoms with van der Waals surface area (Å²) in [4.78, 5) is 28.8. The Balaban J connectivity index is 1.53. The number of benzene rings is 2. The molecule has 4 N–H and O–H groups in total. The van der Waals surface area contributed by atoms with Crippen LogP contribution in [0, 0.1) is 0 Å². The molecule has 0 saturated carbocycles. The zero-order chi connectivity index (χ0) is 27.5. The molecule has 0 radical (unpaired) electrons. The van der Waals surface area contributed by atoms with Gasteiger partial charge in [0.25, 0.3) is 0 Å². The lowest BCUT2D eigenvalue weighted by molar-refractivity contribution is -0.137. The Labute approximate surface area is 236 Å². The third-order valence-corrected chi connectivity index (χ3v) is 10.1. The van der Waals surface area contributed by atoms with Gasteiger partial charge in [-0.3, -0.25) is 9.59 Å². The maximum absolute atomic E-state index is 11.6. The molecule has 5 aromatic rings. The van der Waals surface area contributed by atoms with E-state index in [2.05, 4.69) is 0 Å². The van der Waals surface area contributed by atoms with Gasteiger partial charge in [-0.25, -0.2) is 0 Å². The van der Waals surface area contributed by atoms with Gasteiger partial charge in [0.15, 0.2) is 0 Å². The molecule has 0 fully saturated rings. The first-order valence-electron chi connectivity index (χ1n) is 12.0. The molecule has 6 nitrogen and oxygen atoms in total. The van der Waals surface area contributed by atoms with E-state index >= 15 is 0 Å². The molecule has 0 spiro atoms. The summed E-state index contributed by atoms with van der Waals surface area (Å²) in [6.07, 6.45) is -0.212. The molecular formula is C30H24O6S3. The Morgan fingerprint density at radius 1 is 0.538 bits per heavy atom. The fourth-order valence-electron chi connectivity index (χ4n) is 4.28. The minimum Gasteiger partial charge on any atom is -0.481 e. The highest BCUT2D eigenvalue weighted by Crippen LogP contribution is 2.46. The SMILES string of the molecule is O=C(O)Cc1cc(-c2ccc(CO)cc2)sc1-c1ccc(-c2sc(-c3ccc(CO)cc3)cc2CC(=O)O)s1. The average molecular weight is 577 g/mol. The molecule has 2 aromatic carbocycles. The first-order valence-corrected chi connectivity index (χ1v) is 14.5. The van der Waals surface area contributed by atoms with Gasteiger partial charge in [0, 0.05) is 29.3 Å². The summed E-state index contributed by atoms with van der Waals surface area (Å²) in [5, 5.41) is 37.8. The van der Waals surface area contributed by atoms with Crippen LogP contribution in [0.4, 0.5) is 0 Å². The van der Waals surface area contributed by atoms with E-state index in [-0.39, 0.29) is 26.1 Å². The van der Waals surface area contributed by atoms with Crippen LogP contribution >= 0.6 is 34.0 Å². The minimum absolute atomic E-state index is 0.0412. The zero-order valence-electron chi connectivity index (χ0n) is 20.6. The number of carboxylic acid groups (broad SMARTS) is 2. The molecule has 0 bridgehead atoms. The Hall–Kier alpha value is -3.60. The summed E-state index contributed by atoms with van der Waals surface area (Å²) in [5.41, 5.74) is 4.96. The van der Waals surface area contributed by atoms with Crippen molar-refractivity contribution in [3.8, 4) is 40.4 Å². The summed E-state index contributed by atoms with van der Waals surface area (Å²) in [7, 11) is 0. The molecule has 5 rings (SSSR count). The average Bonchev–Trinajstić information content (AvgIpc) is 3.67. The smallest absolute Gasteiger partial charge is 0.307 e. The highest BCUT2D eigenvalue weighted by atomic mass is 32.1. The fraction of sp³-hybridized carbons (Fsp3) is 0.133. The van der Waals surface area contributed by atoms with Crippen LogP contribution in [-0.2, 0) is 35.6 Å². The maximum atomic E-state index is 11.6. The van der Waals surface area contributed by atoms with Gasteiger partial charge < -0.3 is 20.4 Å². The van der Waals surface area contributed by atoms with E-state index in [4.69, 9.17) is 0 Å². The van der Waals surface area contributed by atoms with Crippen LogP contribution in [0.5, 0.6) is 0 Å². The Morgan fingerprint density at radius 2 is 0.923 bits per heavy atom. The Morgan fingerprint density at radius 3 is 1.26 bits per heavy atom. The van der Waals surface area contributed by atoms with Gasteiger partial charge in [-0.15, -0.1) is 34.0 Å². The van der Waals surface area contributed by atoms with E-state index in [1.165, 1.54) is 34.0 Å². The fourth-order valence-corrected chi connectivity index (χ4v) is 7.95. The van der Waals surface area contributed by atoms with E-state index in [1.807, 2.05) is 72.8 Å². The van der Waals surface area contributed by atoms with Crippen molar-refractivity contribution in [2.24, 2.45) is 0 Å². The summed E-state index contributed by atoms with van der Waals surface area (Å²) >= 11 is 4.57. The number of aliphatic hydroxyl groups excluding tert-OH is 2. The molecule has 39 heavy (non-hydrogen) atoms. The molecule has 9 heteroatoms. The molecule has 0 aliphatic rings. The maximum Gasteiger partial charge on any atom is 0.307 e. The van der Waals surface area contributed by atoms with Crippen LogP contribution in [0.3, 0.4) is 0 Å². The topological polar surface area (TPSA) is 115 Å². The summed E-state index contributed by atoms with van der Waals surface area (Å²) in [6, 6.07) is 22.9. The van der Waals surface area contributed by atoms with E-state index < -0.39 is 11.9 Å². The Kier molecular flexibility index (Phi) is 8.06. The van der Waals surface area contributed by atoms with Crippen molar-refractivity contribution in [1.29, 1.82) is 0 Å². The number of carbonyl (C=O) groups is 2. The van der Waals surface area contributed by atoms with Crippen molar-refractivity contribution in [2.75, 3.05) is 0 Å². The molecule has 3 heterocycles. The second-order valence-electron chi connectivity index (χ2n) is 8.95. The van der Waals surface area contributed by atoms with Crippen LogP contribution in [0.15, 0.2) is 72.8 Å². The minimum atomic E-state index is -0.910. The summed E-state index contributed by atoms with van der Waals surface area (Å²) in [5.74, 6) is -1.82. The number of hydrogen-bond acceptors (Lipinski definition) is 7. The van der Waals surface area contributed by atoms with E-state index in [9.17, 15) is 30.0 Å². The van der Waals surface area contributed by atoms with Gasteiger partial charge >= 0.3 is 11.9 Å². The lowest BCUT2D eigenvalue weighted by atomic mass is 10.1. The Bertz CT molecular complexity index is 1500. The summed E-state index contributed by atoms with van der Waals surface area (Å²) in [6.45, 7) is -0.0824. The van der Waals surface area contributed by atoms with Crippen LogP contribution in [-0.4, -0.2) is 32.4 Å². The molecule has 0 saturated heterocycles. The van der Waals surface area contributed by atoms with Crippen molar-refractivity contribution in [2.45, 2.75) is 26.1 Å². The van der Waals surface area contributed by atoms with Gasteiger partial charge in [-0.05, 0) is 57.6 Å². The second kappa shape index (κ2) is 11.6. The van der Waals surface area contributed by atoms with Gasteiger partial charge in [0.1, 0.15) is 0 Å². The molecule has 0 aliphatic heterocycles. The molecule has 0 aliphatic carbocycles. The number of aliphatic hydroxyl groups is 2. The second-order valence-corrected chi connectivity index (χ2v) is 12.1. The van der Waals surface area contributed by atoms with Crippen molar-refractivity contribution < 1.29 is 30.0 Å². The number of thiophene rings is 3. The molecule has 0 unspecified atom stereocenters. The van der Waals surface area contributed by atoms with E-state index in [0.29, 0.717) is 0 Å². The monoisotopic (exact) mass is 576 g/mol. The standard InChI is InChI=1S/C30H24O6S3/c31-15-17-1-5-19(6-2-17)25-11-21(13-27(33)34)29(38-25)23-9-10-24(37-23)30-22(14-28(35)36)12-26(39-30)20-7-3-18(16-32)4-8-20/h1-12,31-32H,13-16H2,(H,33,34)(H,35,36).